The molecule has 0 saturated heterocycles. The number of rotatable bonds is 10. The van der Waals surface area contributed by atoms with E-state index < -0.39 is 0 Å². The van der Waals surface area contributed by atoms with Gasteiger partial charge in [-0.05, 0) is 40.0 Å². The second-order valence-corrected chi connectivity index (χ2v) is 6.73. The summed E-state index contributed by atoms with van der Waals surface area (Å²) in [7, 11) is 1.68. The molecule has 1 atom stereocenters. The van der Waals surface area contributed by atoms with Crippen molar-refractivity contribution in [1.82, 2.24) is 16.0 Å². The van der Waals surface area contributed by atoms with Gasteiger partial charge in [-0.3, -0.25) is 4.99 Å². The van der Waals surface area contributed by atoms with Gasteiger partial charge >= 0.3 is 6.09 Å². The lowest BCUT2D eigenvalue weighted by Gasteiger charge is -2.23. The molecule has 0 aromatic carbocycles. The van der Waals surface area contributed by atoms with E-state index in [2.05, 4.69) is 34.8 Å². The Balaban J connectivity index is 0. The van der Waals surface area contributed by atoms with E-state index >= 15 is 0 Å². The molecule has 3 N–H and O–H groups in total. The minimum Gasteiger partial charge on any atom is -0.450 e. The summed E-state index contributed by atoms with van der Waals surface area (Å²) in [6, 6.07) is -0.0247. The second kappa shape index (κ2) is 14.4. The summed E-state index contributed by atoms with van der Waals surface area (Å²) in [4.78, 5) is 16.2. The van der Waals surface area contributed by atoms with E-state index in [1.807, 2.05) is 20.8 Å². The van der Waals surface area contributed by atoms with Gasteiger partial charge in [0.25, 0.3) is 0 Å². The van der Waals surface area contributed by atoms with E-state index in [1.165, 1.54) is 0 Å². The third-order valence-corrected chi connectivity index (χ3v) is 3.38. The van der Waals surface area contributed by atoms with Gasteiger partial charge in [-0.25, -0.2) is 4.79 Å². The minimum absolute atomic E-state index is 0. The fourth-order valence-corrected chi connectivity index (χ4v) is 2.00. The second-order valence-electron chi connectivity index (χ2n) is 6.73. The molecule has 0 aliphatic carbocycles. The lowest BCUT2D eigenvalue weighted by Crippen LogP contribution is -2.48. The standard InChI is InChI=1S/C17H36N4O3.HI/c1-8-18-15(20-12-17(5,6)23-7)19-11-14(10-13(3)4)21-16(22)24-9-2;/h13-14H,8-12H2,1-7H3,(H,21,22)(H2,18,19,20);1H. The maximum Gasteiger partial charge on any atom is 0.407 e. The lowest BCUT2D eigenvalue weighted by molar-refractivity contribution is 0.0310. The number of guanidine groups is 1. The van der Waals surface area contributed by atoms with Crippen molar-refractivity contribution in [2.75, 3.05) is 33.4 Å². The van der Waals surface area contributed by atoms with E-state index in [1.54, 1.807) is 14.0 Å². The SMILES string of the molecule is CCNC(=NCC(C)(C)OC)NCC(CC(C)C)NC(=O)OCC.I. The smallest absolute Gasteiger partial charge is 0.407 e. The number of halogens is 1. The van der Waals surface area contributed by atoms with Crippen molar-refractivity contribution in [3.8, 4) is 0 Å². The van der Waals surface area contributed by atoms with Gasteiger partial charge in [-0.1, -0.05) is 13.8 Å². The van der Waals surface area contributed by atoms with Crippen molar-refractivity contribution in [1.29, 1.82) is 0 Å². The van der Waals surface area contributed by atoms with Crippen LogP contribution in [0.3, 0.4) is 0 Å². The van der Waals surface area contributed by atoms with Crippen LogP contribution in [-0.2, 0) is 9.47 Å². The van der Waals surface area contributed by atoms with Crippen LogP contribution in [0.1, 0.15) is 48.0 Å². The molecule has 0 rings (SSSR count). The van der Waals surface area contributed by atoms with Crippen LogP contribution in [0.15, 0.2) is 4.99 Å². The normalized spacial score (nSPS) is 13.0. The van der Waals surface area contributed by atoms with Crippen molar-refractivity contribution in [2.24, 2.45) is 10.9 Å². The van der Waals surface area contributed by atoms with Crippen LogP contribution >= 0.6 is 24.0 Å². The summed E-state index contributed by atoms with van der Waals surface area (Å²) in [5.41, 5.74) is -0.317. The fourth-order valence-electron chi connectivity index (χ4n) is 2.00. The van der Waals surface area contributed by atoms with Gasteiger partial charge in [0.15, 0.2) is 5.96 Å². The van der Waals surface area contributed by atoms with Crippen LogP contribution < -0.4 is 16.0 Å². The van der Waals surface area contributed by atoms with Crippen molar-refractivity contribution >= 4 is 36.0 Å². The zero-order chi connectivity index (χ0) is 18.6. The van der Waals surface area contributed by atoms with Crippen LogP contribution in [-0.4, -0.2) is 57.0 Å². The van der Waals surface area contributed by atoms with Crippen LogP contribution in [0.4, 0.5) is 4.79 Å². The Morgan fingerprint density at radius 2 is 1.84 bits per heavy atom. The van der Waals surface area contributed by atoms with Gasteiger partial charge < -0.3 is 25.4 Å². The first kappa shape index (κ1) is 26.5. The Bertz CT molecular complexity index is 390. The summed E-state index contributed by atoms with van der Waals surface area (Å²) < 4.78 is 10.4. The molecule has 0 spiro atoms. The number of methoxy groups -OCH3 is 1. The largest absolute Gasteiger partial charge is 0.450 e. The summed E-state index contributed by atoms with van der Waals surface area (Å²) in [6.45, 7) is 14.3. The molecule has 0 radical (unpaired) electrons. The van der Waals surface area contributed by atoms with Gasteiger partial charge in [-0.2, -0.15) is 0 Å². The quantitative estimate of drug-likeness (QED) is 0.259. The number of alkyl carbamates (subject to hydrolysis) is 1. The molecule has 0 aromatic heterocycles. The number of ether oxygens (including phenoxy) is 2. The Kier molecular flexibility index (Phi) is 15.2. The number of carbonyl (C=O) groups is 1. The predicted molar refractivity (Wildman–Crippen MR) is 114 cm³/mol. The van der Waals surface area contributed by atoms with E-state index in [9.17, 15) is 4.79 Å². The molecule has 25 heavy (non-hydrogen) atoms. The van der Waals surface area contributed by atoms with Gasteiger partial charge in [0.05, 0.1) is 18.8 Å². The number of aliphatic imine (C=N–C) groups is 1. The molecular weight excluding hydrogens is 435 g/mol. The molecule has 0 aromatic rings. The first-order valence-electron chi connectivity index (χ1n) is 8.74. The van der Waals surface area contributed by atoms with E-state index in [4.69, 9.17) is 9.47 Å². The number of nitrogens with zero attached hydrogens (tertiary/aromatic N) is 1. The van der Waals surface area contributed by atoms with Gasteiger partial charge in [0.1, 0.15) is 0 Å². The average molecular weight is 472 g/mol. The first-order chi connectivity index (χ1) is 11.2. The van der Waals surface area contributed by atoms with Crippen molar-refractivity contribution < 1.29 is 14.3 Å². The Labute approximate surface area is 170 Å². The zero-order valence-electron chi connectivity index (χ0n) is 16.8. The molecular formula is C17H37IN4O3. The number of hydrogen-bond acceptors (Lipinski definition) is 4. The van der Waals surface area contributed by atoms with Crippen molar-refractivity contribution in [2.45, 2.75) is 59.6 Å². The topological polar surface area (TPSA) is 84.0 Å². The number of amides is 1. The average Bonchev–Trinajstić information content (AvgIpc) is 2.49. The van der Waals surface area contributed by atoms with E-state index in [-0.39, 0.29) is 41.7 Å². The van der Waals surface area contributed by atoms with Gasteiger partial charge in [0.2, 0.25) is 0 Å². The number of nitrogens with one attached hydrogen (secondary N) is 3. The molecule has 0 bridgehead atoms. The molecule has 1 unspecified atom stereocenters. The van der Waals surface area contributed by atoms with Crippen LogP contribution in [0, 0.1) is 5.92 Å². The third-order valence-electron chi connectivity index (χ3n) is 3.38. The van der Waals surface area contributed by atoms with Crippen LogP contribution in [0.2, 0.25) is 0 Å². The highest BCUT2D eigenvalue weighted by Gasteiger charge is 2.17. The zero-order valence-corrected chi connectivity index (χ0v) is 19.1. The summed E-state index contributed by atoms with van der Waals surface area (Å²) in [5.74, 6) is 1.17. The summed E-state index contributed by atoms with van der Waals surface area (Å²) >= 11 is 0. The van der Waals surface area contributed by atoms with Crippen molar-refractivity contribution in [3.63, 3.8) is 0 Å². The van der Waals surface area contributed by atoms with Crippen LogP contribution in [0.5, 0.6) is 0 Å². The molecule has 0 aliphatic rings. The van der Waals surface area contributed by atoms with E-state index in [0.29, 0.717) is 31.6 Å². The molecule has 0 heterocycles. The Hall–Kier alpha value is -0.770. The highest BCUT2D eigenvalue weighted by atomic mass is 127. The molecule has 1 amide bonds. The minimum atomic E-state index is -0.382. The first-order valence-corrected chi connectivity index (χ1v) is 8.74. The molecule has 0 fully saturated rings. The number of carbonyl (C=O) groups excluding carboxylic acids is 1. The highest BCUT2D eigenvalue weighted by molar-refractivity contribution is 14.0. The molecule has 150 valence electrons. The molecule has 7 nitrogen and oxygen atoms in total. The monoisotopic (exact) mass is 472 g/mol. The lowest BCUT2D eigenvalue weighted by atomic mass is 10.0. The number of hydrogen-bond donors (Lipinski definition) is 3. The highest BCUT2D eigenvalue weighted by Crippen LogP contribution is 2.07. The van der Waals surface area contributed by atoms with E-state index in [0.717, 1.165) is 13.0 Å². The van der Waals surface area contributed by atoms with Gasteiger partial charge in [0, 0.05) is 26.2 Å². The Morgan fingerprint density at radius 1 is 1.20 bits per heavy atom. The predicted octanol–water partition coefficient (Wildman–Crippen LogP) is 2.75. The fraction of sp³-hybridized carbons (Fsp3) is 0.882. The summed E-state index contributed by atoms with van der Waals surface area (Å²) in [5, 5.41) is 9.39. The maximum atomic E-state index is 11.7. The van der Waals surface area contributed by atoms with Crippen molar-refractivity contribution in [3.05, 3.63) is 0 Å². The molecule has 8 heteroatoms. The van der Waals surface area contributed by atoms with Crippen LogP contribution in [0.25, 0.3) is 0 Å². The Morgan fingerprint density at radius 3 is 2.32 bits per heavy atom. The molecule has 0 saturated carbocycles. The molecule has 0 aliphatic heterocycles. The van der Waals surface area contributed by atoms with Gasteiger partial charge in [-0.15, -0.1) is 24.0 Å². The third kappa shape index (κ3) is 14.1. The summed E-state index contributed by atoms with van der Waals surface area (Å²) in [6.07, 6.45) is 0.474. The maximum absolute atomic E-state index is 11.7.